The number of benzene rings is 2. The van der Waals surface area contributed by atoms with Gasteiger partial charge in [-0.1, -0.05) is 38.1 Å². The molecular formula is C26H32N4O4S. The van der Waals surface area contributed by atoms with Crippen molar-refractivity contribution >= 4 is 40.7 Å². The first-order valence-corrected chi connectivity index (χ1v) is 11.8. The van der Waals surface area contributed by atoms with Gasteiger partial charge in [0.25, 0.3) is 0 Å². The van der Waals surface area contributed by atoms with Crippen LogP contribution in [0.1, 0.15) is 43.9 Å². The number of carbonyl (C=O) groups is 2. The summed E-state index contributed by atoms with van der Waals surface area (Å²) in [5.74, 6) is -0.0335. The zero-order valence-corrected chi connectivity index (χ0v) is 21.5. The Morgan fingerprint density at radius 1 is 1.09 bits per heavy atom. The number of rotatable bonds is 8. The van der Waals surface area contributed by atoms with E-state index in [1.54, 1.807) is 25.1 Å². The van der Waals surface area contributed by atoms with Crippen LogP contribution in [0.15, 0.2) is 59.8 Å². The standard InChI is InChI=1S/C26H32N4O4S/c1-16(2)18-9-11-20(12-10-18)27-25(32)28-21-8-6-7-19(15-21)23-22(24(31)34-14-13-33-5)17(3)30(4)26(35)29-23/h6-12,15-16,23H,13-14H2,1-5H3,(H,29,35)(H2,27,28,32). The molecule has 3 N–H and O–H groups in total. The third-order valence-electron chi connectivity index (χ3n) is 5.81. The number of methoxy groups -OCH3 is 1. The van der Waals surface area contributed by atoms with Crippen LogP contribution >= 0.6 is 12.2 Å². The van der Waals surface area contributed by atoms with Crippen LogP contribution < -0.4 is 16.0 Å². The number of allylic oxidation sites excluding steroid dienone is 1. The first-order chi connectivity index (χ1) is 16.7. The molecule has 1 unspecified atom stereocenters. The number of nitrogens with one attached hydrogen (secondary N) is 3. The Labute approximate surface area is 211 Å². The van der Waals surface area contributed by atoms with Gasteiger partial charge in [0.1, 0.15) is 6.61 Å². The van der Waals surface area contributed by atoms with Gasteiger partial charge in [-0.3, -0.25) is 0 Å². The van der Waals surface area contributed by atoms with Crippen molar-refractivity contribution in [3.8, 4) is 0 Å². The summed E-state index contributed by atoms with van der Waals surface area (Å²) >= 11 is 5.46. The molecule has 0 aromatic heterocycles. The van der Waals surface area contributed by atoms with Crippen molar-refractivity contribution in [1.82, 2.24) is 10.2 Å². The summed E-state index contributed by atoms with van der Waals surface area (Å²) in [5.41, 5.74) is 4.39. The quantitative estimate of drug-likeness (QED) is 0.275. The van der Waals surface area contributed by atoms with Crippen molar-refractivity contribution in [2.24, 2.45) is 0 Å². The molecule has 0 saturated heterocycles. The molecule has 1 atom stereocenters. The minimum absolute atomic E-state index is 0.146. The molecule has 2 aromatic rings. The van der Waals surface area contributed by atoms with E-state index in [9.17, 15) is 9.59 Å². The van der Waals surface area contributed by atoms with Crippen molar-refractivity contribution in [3.05, 3.63) is 70.9 Å². The molecule has 9 heteroatoms. The van der Waals surface area contributed by atoms with Crippen molar-refractivity contribution in [1.29, 1.82) is 0 Å². The van der Waals surface area contributed by atoms with Gasteiger partial charge < -0.3 is 30.3 Å². The summed E-state index contributed by atoms with van der Waals surface area (Å²) < 4.78 is 10.4. The summed E-state index contributed by atoms with van der Waals surface area (Å²) in [4.78, 5) is 27.3. The van der Waals surface area contributed by atoms with Crippen LogP contribution in [0.5, 0.6) is 0 Å². The Hall–Kier alpha value is -3.43. The zero-order valence-electron chi connectivity index (χ0n) is 20.7. The summed E-state index contributed by atoms with van der Waals surface area (Å²) in [5, 5.41) is 9.39. The van der Waals surface area contributed by atoms with Gasteiger partial charge in [-0.25, -0.2) is 9.59 Å². The van der Waals surface area contributed by atoms with E-state index < -0.39 is 12.0 Å². The molecule has 0 spiro atoms. The number of hydrogen-bond acceptors (Lipinski definition) is 5. The first-order valence-electron chi connectivity index (χ1n) is 11.4. The van der Waals surface area contributed by atoms with Crippen LogP contribution in [-0.2, 0) is 14.3 Å². The van der Waals surface area contributed by atoms with E-state index in [2.05, 4.69) is 29.8 Å². The van der Waals surface area contributed by atoms with E-state index in [1.165, 1.54) is 5.56 Å². The molecule has 0 radical (unpaired) electrons. The molecule has 0 aliphatic carbocycles. The van der Waals surface area contributed by atoms with Crippen LogP contribution in [0.2, 0.25) is 0 Å². The smallest absolute Gasteiger partial charge is 0.338 e. The third kappa shape index (κ3) is 6.58. The number of hydrogen-bond donors (Lipinski definition) is 3. The Balaban J connectivity index is 1.78. The number of carbonyl (C=O) groups excluding carboxylic acids is 2. The molecule has 0 fully saturated rings. The number of thiocarbonyl (C=S) groups is 1. The lowest BCUT2D eigenvalue weighted by Gasteiger charge is -2.35. The minimum atomic E-state index is -0.526. The van der Waals surface area contributed by atoms with E-state index >= 15 is 0 Å². The maximum atomic E-state index is 12.9. The maximum absolute atomic E-state index is 12.9. The molecule has 0 saturated carbocycles. The molecule has 3 rings (SSSR count). The Morgan fingerprint density at radius 2 is 1.77 bits per heavy atom. The molecule has 2 amide bonds. The average molecular weight is 497 g/mol. The maximum Gasteiger partial charge on any atom is 0.338 e. The van der Waals surface area contributed by atoms with Crippen LogP contribution in [0.4, 0.5) is 16.2 Å². The zero-order chi connectivity index (χ0) is 25.5. The van der Waals surface area contributed by atoms with E-state index in [0.717, 1.165) is 5.56 Å². The van der Waals surface area contributed by atoms with Crippen molar-refractivity contribution in [2.75, 3.05) is 38.0 Å². The molecule has 1 heterocycles. The fourth-order valence-electron chi connectivity index (χ4n) is 3.69. The van der Waals surface area contributed by atoms with Crippen LogP contribution in [-0.4, -0.2) is 49.4 Å². The van der Waals surface area contributed by atoms with E-state index in [-0.39, 0.29) is 12.6 Å². The van der Waals surface area contributed by atoms with Gasteiger partial charge in [-0.2, -0.15) is 0 Å². The number of urea groups is 1. The van der Waals surface area contributed by atoms with Crippen LogP contribution in [0, 0.1) is 0 Å². The monoisotopic (exact) mass is 496 g/mol. The molecule has 35 heavy (non-hydrogen) atoms. The summed E-state index contributed by atoms with van der Waals surface area (Å²) in [7, 11) is 3.34. The Bertz CT molecular complexity index is 1110. The van der Waals surface area contributed by atoms with Gasteiger partial charge in [0.05, 0.1) is 18.2 Å². The van der Waals surface area contributed by atoms with Gasteiger partial charge in [0.15, 0.2) is 5.11 Å². The summed E-state index contributed by atoms with van der Waals surface area (Å²) in [6, 6.07) is 14.1. The number of esters is 1. The van der Waals surface area contributed by atoms with Gasteiger partial charge in [0, 0.05) is 31.2 Å². The number of ether oxygens (including phenoxy) is 2. The first kappa shape index (κ1) is 26.2. The summed E-state index contributed by atoms with van der Waals surface area (Å²) in [6.45, 7) is 6.52. The van der Waals surface area contributed by atoms with Gasteiger partial charge in [0.2, 0.25) is 0 Å². The second kappa shape index (κ2) is 11.8. The largest absolute Gasteiger partial charge is 0.460 e. The lowest BCUT2D eigenvalue weighted by atomic mass is 9.95. The number of nitrogens with zero attached hydrogens (tertiary/aromatic N) is 1. The average Bonchev–Trinajstić information content (AvgIpc) is 2.82. The van der Waals surface area contributed by atoms with Crippen LogP contribution in [0.25, 0.3) is 0 Å². The second-order valence-electron chi connectivity index (χ2n) is 8.55. The minimum Gasteiger partial charge on any atom is -0.460 e. The fraction of sp³-hybridized carbons (Fsp3) is 0.346. The van der Waals surface area contributed by atoms with E-state index in [1.807, 2.05) is 49.4 Å². The van der Waals surface area contributed by atoms with Gasteiger partial charge >= 0.3 is 12.0 Å². The highest BCUT2D eigenvalue weighted by atomic mass is 32.1. The Morgan fingerprint density at radius 3 is 2.43 bits per heavy atom. The normalized spacial score (nSPS) is 15.7. The SMILES string of the molecule is COCCOC(=O)C1=C(C)N(C)C(=S)NC1c1cccc(NC(=O)Nc2ccc(C(C)C)cc2)c1. The second-order valence-corrected chi connectivity index (χ2v) is 8.94. The lowest BCUT2D eigenvalue weighted by molar-refractivity contribution is -0.140. The van der Waals surface area contributed by atoms with Crippen LogP contribution in [0.3, 0.4) is 0 Å². The van der Waals surface area contributed by atoms with Gasteiger partial charge in [-0.05, 0) is 60.5 Å². The molecular weight excluding hydrogens is 464 g/mol. The number of amides is 2. The highest BCUT2D eigenvalue weighted by Gasteiger charge is 2.33. The van der Waals surface area contributed by atoms with E-state index in [4.69, 9.17) is 21.7 Å². The number of anilines is 2. The molecule has 8 nitrogen and oxygen atoms in total. The molecule has 1 aliphatic heterocycles. The molecule has 186 valence electrons. The predicted molar refractivity (Wildman–Crippen MR) is 141 cm³/mol. The van der Waals surface area contributed by atoms with E-state index in [0.29, 0.717) is 40.3 Å². The molecule has 1 aliphatic rings. The Kier molecular flexibility index (Phi) is 8.84. The third-order valence-corrected chi connectivity index (χ3v) is 6.20. The highest BCUT2D eigenvalue weighted by molar-refractivity contribution is 7.80. The highest BCUT2D eigenvalue weighted by Crippen LogP contribution is 2.32. The van der Waals surface area contributed by atoms with Crippen molar-refractivity contribution < 1.29 is 19.1 Å². The fourth-order valence-corrected chi connectivity index (χ4v) is 3.94. The topological polar surface area (TPSA) is 91.9 Å². The summed E-state index contributed by atoms with van der Waals surface area (Å²) in [6.07, 6.45) is 0. The lowest BCUT2D eigenvalue weighted by Crippen LogP contribution is -2.46. The van der Waals surface area contributed by atoms with Crippen molar-refractivity contribution in [3.63, 3.8) is 0 Å². The van der Waals surface area contributed by atoms with Gasteiger partial charge in [-0.15, -0.1) is 0 Å². The van der Waals surface area contributed by atoms with Crippen molar-refractivity contribution in [2.45, 2.75) is 32.7 Å². The molecule has 2 aromatic carbocycles. The molecule has 0 bridgehead atoms. The predicted octanol–water partition coefficient (Wildman–Crippen LogP) is 4.78.